The maximum absolute atomic E-state index is 12.4. The summed E-state index contributed by atoms with van der Waals surface area (Å²) >= 11 is 0. The Balaban J connectivity index is 1.88. The van der Waals surface area contributed by atoms with Crippen LogP contribution in [0.3, 0.4) is 0 Å². The number of hydrogen-bond acceptors (Lipinski definition) is 4. The van der Waals surface area contributed by atoms with Crippen LogP contribution in [0.4, 0.5) is 4.79 Å². The predicted molar refractivity (Wildman–Crippen MR) is 82.5 cm³/mol. The van der Waals surface area contributed by atoms with Crippen LogP contribution in [0.1, 0.15) is 36.4 Å². The number of hydrogen-bond donors (Lipinski definition) is 2. The van der Waals surface area contributed by atoms with E-state index in [2.05, 4.69) is 10.7 Å². The second kappa shape index (κ2) is 5.12. The smallest absolute Gasteiger partial charge is 0.344 e. The number of carbonyl (C=O) groups is 3. The Kier molecular flexibility index (Phi) is 3.35. The van der Waals surface area contributed by atoms with Crippen molar-refractivity contribution >= 4 is 28.8 Å². The van der Waals surface area contributed by atoms with Crippen molar-refractivity contribution in [1.82, 2.24) is 15.8 Å². The quantitative estimate of drug-likeness (QED) is 0.849. The Morgan fingerprint density at radius 1 is 1.35 bits per heavy atom. The first-order valence-corrected chi connectivity index (χ1v) is 7.33. The van der Waals surface area contributed by atoms with Crippen LogP contribution in [0.5, 0.6) is 0 Å². The molecule has 2 N–H and O–H groups in total. The molecule has 1 aromatic carbocycles. The molecule has 0 spiro atoms. The molecule has 1 aromatic heterocycles. The lowest BCUT2D eigenvalue weighted by Crippen LogP contribution is -2.48. The zero-order valence-electron chi connectivity index (χ0n) is 13.1. The van der Waals surface area contributed by atoms with Crippen molar-refractivity contribution in [2.24, 2.45) is 0 Å². The first-order valence-electron chi connectivity index (χ1n) is 7.33. The summed E-state index contributed by atoms with van der Waals surface area (Å²) in [6.07, 6.45) is 0.424. The van der Waals surface area contributed by atoms with E-state index in [1.165, 1.54) is 0 Å². The number of benzene rings is 1. The van der Waals surface area contributed by atoms with Crippen LogP contribution in [0.2, 0.25) is 0 Å². The summed E-state index contributed by atoms with van der Waals surface area (Å²) in [5.41, 5.74) is 2.55. The Morgan fingerprint density at radius 2 is 2.04 bits per heavy atom. The van der Waals surface area contributed by atoms with Crippen LogP contribution in [-0.2, 0) is 4.79 Å². The number of aryl methyl sites for hydroxylation is 1. The van der Waals surface area contributed by atoms with Gasteiger partial charge >= 0.3 is 11.9 Å². The van der Waals surface area contributed by atoms with Gasteiger partial charge in [-0.1, -0.05) is 25.1 Å². The number of hydrazine groups is 1. The first-order chi connectivity index (χ1) is 10.9. The summed E-state index contributed by atoms with van der Waals surface area (Å²) in [6.45, 7) is 5.15. The third-order valence-electron chi connectivity index (χ3n) is 4.23. The molecule has 1 aliphatic heterocycles. The Labute approximate surface area is 132 Å². The fraction of sp³-hybridized carbons (Fsp3) is 0.312. The molecule has 1 aliphatic rings. The predicted octanol–water partition coefficient (Wildman–Crippen LogP) is 2.11. The normalized spacial score (nSPS) is 20.9. The number of rotatable bonds is 3. The van der Waals surface area contributed by atoms with E-state index in [0.717, 1.165) is 5.39 Å². The lowest BCUT2D eigenvalue weighted by molar-refractivity contribution is -0.132. The second-order valence-electron chi connectivity index (χ2n) is 5.75. The van der Waals surface area contributed by atoms with Gasteiger partial charge in [-0.15, -0.1) is 0 Å². The van der Waals surface area contributed by atoms with Crippen LogP contribution in [-0.4, -0.2) is 28.4 Å². The van der Waals surface area contributed by atoms with Gasteiger partial charge in [0.25, 0.3) is 5.91 Å². The van der Waals surface area contributed by atoms with Crippen LogP contribution >= 0.6 is 0 Å². The van der Waals surface area contributed by atoms with Gasteiger partial charge in [0.1, 0.15) is 11.1 Å². The minimum absolute atomic E-state index is 0.0805. The number of furan rings is 1. The van der Waals surface area contributed by atoms with Gasteiger partial charge < -0.3 is 9.73 Å². The summed E-state index contributed by atoms with van der Waals surface area (Å²) in [5.74, 6) is -1.05. The van der Waals surface area contributed by atoms with Crippen molar-refractivity contribution in [3.8, 4) is 0 Å². The standard InChI is InChI=1S/C16H17N3O4/c1-4-16(3)14(21)19(15(22)17-16)18-13(20)12-9(2)10-7-5-6-8-11(10)23-12/h5-8H,4H2,1-3H3,(H,17,22)(H,18,20)/t16-/m1/s1. The monoisotopic (exact) mass is 315 g/mol. The highest BCUT2D eigenvalue weighted by molar-refractivity contribution is 6.09. The van der Waals surface area contributed by atoms with Crippen molar-refractivity contribution in [3.63, 3.8) is 0 Å². The van der Waals surface area contributed by atoms with Crippen LogP contribution < -0.4 is 10.7 Å². The van der Waals surface area contributed by atoms with Crippen LogP contribution in [0.25, 0.3) is 11.0 Å². The molecule has 0 unspecified atom stereocenters. The number of nitrogens with zero attached hydrogens (tertiary/aromatic N) is 1. The number of urea groups is 1. The summed E-state index contributed by atoms with van der Waals surface area (Å²) in [6, 6.07) is 6.59. The molecule has 2 aromatic rings. The molecular weight excluding hydrogens is 298 g/mol. The molecule has 23 heavy (non-hydrogen) atoms. The summed E-state index contributed by atoms with van der Waals surface area (Å²) in [5, 5.41) is 4.09. The van der Waals surface area contributed by atoms with Crippen molar-refractivity contribution in [3.05, 3.63) is 35.6 Å². The third-order valence-corrected chi connectivity index (χ3v) is 4.23. The van der Waals surface area contributed by atoms with Crippen molar-refractivity contribution in [1.29, 1.82) is 0 Å². The highest BCUT2D eigenvalue weighted by atomic mass is 16.3. The molecule has 1 saturated heterocycles. The van der Waals surface area contributed by atoms with Crippen molar-refractivity contribution in [2.75, 3.05) is 0 Å². The molecule has 0 saturated carbocycles. The zero-order chi connectivity index (χ0) is 16.8. The number of imide groups is 1. The van der Waals surface area contributed by atoms with E-state index >= 15 is 0 Å². The van der Waals surface area contributed by atoms with Gasteiger partial charge in [-0.3, -0.25) is 9.59 Å². The molecule has 0 bridgehead atoms. The third kappa shape index (κ3) is 2.25. The van der Waals surface area contributed by atoms with Crippen LogP contribution in [0.15, 0.2) is 28.7 Å². The molecule has 1 atom stereocenters. The maximum Gasteiger partial charge on any atom is 0.344 e. The maximum atomic E-state index is 12.4. The van der Waals surface area contributed by atoms with E-state index in [-0.39, 0.29) is 5.76 Å². The highest BCUT2D eigenvalue weighted by Gasteiger charge is 2.47. The van der Waals surface area contributed by atoms with Gasteiger partial charge in [0.2, 0.25) is 0 Å². The highest BCUT2D eigenvalue weighted by Crippen LogP contribution is 2.25. The molecule has 2 heterocycles. The Bertz CT molecular complexity index is 826. The van der Waals surface area contributed by atoms with E-state index in [9.17, 15) is 14.4 Å². The number of carbonyl (C=O) groups excluding carboxylic acids is 3. The van der Waals surface area contributed by atoms with Gasteiger partial charge in [-0.2, -0.15) is 5.01 Å². The van der Waals surface area contributed by atoms with Gasteiger partial charge in [-0.25, -0.2) is 10.2 Å². The van der Waals surface area contributed by atoms with Gasteiger partial charge in [0.05, 0.1) is 0 Å². The minimum Gasteiger partial charge on any atom is -0.451 e. The first kappa shape index (κ1) is 15.1. The summed E-state index contributed by atoms with van der Waals surface area (Å²) in [7, 11) is 0. The molecule has 1 fully saturated rings. The van der Waals surface area contributed by atoms with Gasteiger partial charge in [-0.05, 0) is 26.3 Å². The average molecular weight is 315 g/mol. The van der Waals surface area contributed by atoms with E-state index in [4.69, 9.17) is 4.42 Å². The fourth-order valence-corrected chi connectivity index (χ4v) is 2.57. The molecule has 7 heteroatoms. The molecule has 7 nitrogen and oxygen atoms in total. The zero-order valence-corrected chi connectivity index (χ0v) is 13.1. The lowest BCUT2D eigenvalue weighted by atomic mass is 10.00. The molecule has 0 radical (unpaired) electrons. The summed E-state index contributed by atoms with van der Waals surface area (Å²) < 4.78 is 5.54. The number of fused-ring (bicyclic) bond motifs is 1. The van der Waals surface area contributed by atoms with Crippen molar-refractivity contribution in [2.45, 2.75) is 32.7 Å². The molecule has 0 aliphatic carbocycles. The Hall–Kier alpha value is -2.83. The van der Waals surface area contributed by atoms with E-state index in [0.29, 0.717) is 22.6 Å². The van der Waals surface area contributed by atoms with E-state index in [1.54, 1.807) is 32.9 Å². The largest absolute Gasteiger partial charge is 0.451 e. The Morgan fingerprint density at radius 3 is 2.65 bits per heavy atom. The van der Waals surface area contributed by atoms with Gasteiger partial charge in [0.15, 0.2) is 5.76 Å². The molecule has 3 rings (SSSR count). The molecular formula is C16H17N3O4. The SMILES string of the molecule is CC[C@@]1(C)NC(=O)N(NC(=O)c2oc3ccccc3c2C)C1=O. The molecule has 120 valence electrons. The number of para-hydroxylation sites is 1. The van der Waals surface area contributed by atoms with Crippen molar-refractivity contribution < 1.29 is 18.8 Å². The fourth-order valence-electron chi connectivity index (χ4n) is 2.57. The van der Waals surface area contributed by atoms with E-state index < -0.39 is 23.4 Å². The topological polar surface area (TPSA) is 91.7 Å². The second-order valence-corrected chi connectivity index (χ2v) is 5.75. The summed E-state index contributed by atoms with van der Waals surface area (Å²) in [4.78, 5) is 36.6. The lowest BCUT2D eigenvalue weighted by Gasteiger charge is -2.19. The molecule has 4 amide bonds. The number of nitrogens with one attached hydrogen (secondary N) is 2. The van der Waals surface area contributed by atoms with Crippen LogP contribution in [0, 0.1) is 6.92 Å². The minimum atomic E-state index is -1.01. The van der Waals surface area contributed by atoms with Gasteiger partial charge in [0, 0.05) is 10.9 Å². The average Bonchev–Trinajstić information content (AvgIpc) is 2.98. The van der Waals surface area contributed by atoms with E-state index in [1.807, 2.05) is 12.1 Å². The number of amides is 4.